The van der Waals surface area contributed by atoms with Crippen LogP contribution in [0.4, 0.5) is 5.82 Å². The SMILES string of the molecule is Cc1c(Cl)nc(C(C)(C)C)nc1N1CCC(C)(C)C1. The first-order chi connectivity index (χ1) is 8.60. The summed E-state index contributed by atoms with van der Waals surface area (Å²) in [5, 5.41) is 0.583. The predicted octanol–water partition coefficient (Wildman–Crippen LogP) is 3.97. The normalized spacial score (nSPS) is 19.0. The molecule has 2 rings (SSSR count). The van der Waals surface area contributed by atoms with Crippen LogP contribution in [0.25, 0.3) is 0 Å². The minimum absolute atomic E-state index is 0.0820. The minimum Gasteiger partial charge on any atom is -0.356 e. The van der Waals surface area contributed by atoms with Crippen LogP contribution >= 0.6 is 11.6 Å². The summed E-state index contributed by atoms with van der Waals surface area (Å²) < 4.78 is 0. The van der Waals surface area contributed by atoms with Gasteiger partial charge in [-0.1, -0.05) is 46.2 Å². The van der Waals surface area contributed by atoms with Crippen molar-refractivity contribution in [2.45, 2.75) is 53.4 Å². The van der Waals surface area contributed by atoms with Gasteiger partial charge in [0.05, 0.1) is 0 Å². The van der Waals surface area contributed by atoms with Gasteiger partial charge in [0.25, 0.3) is 0 Å². The number of hydrogen-bond acceptors (Lipinski definition) is 3. The number of aromatic nitrogens is 2. The molecule has 1 aromatic heterocycles. The van der Waals surface area contributed by atoms with E-state index in [0.717, 1.165) is 30.3 Å². The highest BCUT2D eigenvalue weighted by Gasteiger charge is 2.32. The number of anilines is 1. The Hall–Kier alpha value is -0.830. The fourth-order valence-electron chi connectivity index (χ4n) is 2.41. The Morgan fingerprint density at radius 3 is 2.32 bits per heavy atom. The van der Waals surface area contributed by atoms with Gasteiger partial charge in [-0.2, -0.15) is 0 Å². The standard InChI is InChI=1S/C15H24ClN3/c1-10-11(16)17-13(14(2,3)4)18-12(10)19-8-7-15(5,6)9-19/h7-9H2,1-6H3. The molecule has 0 radical (unpaired) electrons. The van der Waals surface area contributed by atoms with Crippen LogP contribution in [0.2, 0.25) is 5.15 Å². The molecular weight excluding hydrogens is 258 g/mol. The van der Waals surface area contributed by atoms with Crippen LogP contribution in [0.15, 0.2) is 0 Å². The number of halogens is 1. The summed E-state index contributed by atoms with van der Waals surface area (Å²) in [6.45, 7) is 15.0. The van der Waals surface area contributed by atoms with Crippen molar-refractivity contribution in [1.29, 1.82) is 0 Å². The molecule has 1 saturated heterocycles. The molecular formula is C15H24ClN3. The largest absolute Gasteiger partial charge is 0.356 e. The zero-order valence-electron chi connectivity index (χ0n) is 12.8. The maximum atomic E-state index is 6.30. The third-order valence-electron chi connectivity index (χ3n) is 3.71. The average molecular weight is 282 g/mol. The zero-order chi connectivity index (χ0) is 14.4. The van der Waals surface area contributed by atoms with Gasteiger partial charge in [0.2, 0.25) is 0 Å². The summed E-state index contributed by atoms with van der Waals surface area (Å²) in [4.78, 5) is 11.6. The zero-order valence-corrected chi connectivity index (χ0v) is 13.6. The molecule has 2 heterocycles. The first-order valence-electron chi connectivity index (χ1n) is 6.90. The van der Waals surface area contributed by atoms with E-state index >= 15 is 0 Å². The maximum Gasteiger partial charge on any atom is 0.137 e. The second kappa shape index (κ2) is 4.62. The highest BCUT2D eigenvalue weighted by molar-refractivity contribution is 6.30. The first kappa shape index (κ1) is 14.6. The summed E-state index contributed by atoms with van der Waals surface area (Å²) in [5.74, 6) is 1.83. The Morgan fingerprint density at radius 2 is 1.84 bits per heavy atom. The van der Waals surface area contributed by atoms with E-state index in [1.54, 1.807) is 0 Å². The fourth-order valence-corrected chi connectivity index (χ4v) is 2.58. The molecule has 4 heteroatoms. The lowest BCUT2D eigenvalue weighted by Gasteiger charge is -2.25. The van der Waals surface area contributed by atoms with Gasteiger partial charge in [-0.3, -0.25) is 0 Å². The molecule has 1 aromatic rings. The molecule has 1 aliphatic rings. The third kappa shape index (κ3) is 3.02. The van der Waals surface area contributed by atoms with Crippen molar-refractivity contribution >= 4 is 17.4 Å². The number of nitrogens with zero attached hydrogens (tertiary/aromatic N) is 3. The van der Waals surface area contributed by atoms with Gasteiger partial charge in [0, 0.05) is 24.1 Å². The molecule has 0 spiro atoms. The predicted molar refractivity (Wildman–Crippen MR) is 81.1 cm³/mol. The van der Waals surface area contributed by atoms with Gasteiger partial charge in [0.1, 0.15) is 16.8 Å². The molecule has 0 amide bonds. The van der Waals surface area contributed by atoms with E-state index in [0.29, 0.717) is 10.6 Å². The van der Waals surface area contributed by atoms with E-state index in [1.807, 2.05) is 6.92 Å². The molecule has 1 aliphatic heterocycles. The highest BCUT2D eigenvalue weighted by atomic mass is 35.5. The molecule has 0 atom stereocenters. The smallest absolute Gasteiger partial charge is 0.137 e. The van der Waals surface area contributed by atoms with E-state index in [-0.39, 0.29) is 5.41 Å². The molecule has 0 saturated carbocycles. The van der Waals surface area contributed by atoms with Gasteiger partial charge in [-0.15, -0.1) is 0 Å². The van der Waals surface area contributed by atoms with Gasteiger partial charge in [-0.25, -0.2) is 9.97 Å². The number of hydrogen-bond donors (Lipinski definition) is 0. The van der Waals surface area contributed by atoms with E-state index in [9.17, 15) is 0 Å². The van der Waals surface area contributed by atoms with Crippen LogP contribution in [0.1, 0.15) is 52.4 Å². The molecule has 0 aliphatic carbocycles. The average Bonchev–Trinajstić information content (AvgIpc) is 2.61. The molecule has 0 bridgehead atoms. The van der Waals surface area contributed by atoms with Gasteiger partial charge in [0.15, 0.2) is 0 Å². The summed E-state index contributed by atoms with van der Waals surface area (Å²) in [7, 11) is 0. The van der Waals surface area contributed by atoms with Crippen molar-refractivity contribution in [3.8, 4) is 0 Å². The lowest BCUT2D eigenvalue weighted by molar-refractivity contribution is 0.418. The second-order valence-corrected chi connectivity index (χ2v) is 7.73. The van der Waals surface area contributed by atoms with Crippen LogP contribution in [0, 0.1) is 12.3 Å². The third-order valence-corrected chi connectivity index (χ3v) is 4.08. The molecule has 0 N–H and O–H groups in total. The number of rotatable bonds is 1. The van der Waals surface area contributed by atoms with E-state index in [2.05, 4.69) is 44.5 Å². The quantitative estimate of drug-likeness (QED) is 0.729. The van der Waals surface area contributed by atoms with E-state index in [4.69, 9.17) is 16.6 Å². The lowest BCUT2D eigenvalue weighted by atomic mass is 9.93. The van der Waals surface area contributed by atoms with Crippen molar-refractivity contribution in [2.75, 3.05) is 18.0 Å². The topological polar surface area (TPSA) is 29.0 Å². The van der Waals surface area contributed by atoms with Crippen LogP contribution in [0.5, 0.6) is 0 Å². The molecule has 0 unspecified atom stereocenters. The molecule has 0 aromatic carbocycles. The summed E-state index contributed by atoms with van der Waals surface area (Å²) in [6, 6.07) is 0. The van der Waals surface area contributed by atoms with Crippen molar-refractivity contribution in [2.24, 2.45) is 5.41 Å². The molecule has 106 valence electrons. The molecule has 3 nitrogen and oxygen atoms in total. The van der Waals surface area contributed by atoms with Crippen LogP contribution in [0.3, 0.4) is 0 Å². The van der Waals surface area contributed by atoms with Crippen LogP contribution < -0.4 is 4.90 Å². The van der Waals surface area contributed by atoms with Crippen LogP contribution in [-0.2, 0) is 5.41 Å². The maximum absolute atomic E-state index is 6.30. The minimum atomic E-state index is -0.0820. The molecule has 19 heavy (non-hydrogen) atoms. The Labute approximate surface area is 121 Å². The van der Waals surface area contributed by atoms with Crippen molar-refractivity contribution in [3.63, 3.8) is 0 Å². The van der Waals surface area contributed by atoms with Gasteiger partial charge in [-0.05, 0) is 18.8 Å². The van der Waals surface area contributed by atoms with Crippen molar-refractivity contribution < 1.29 is 0 Å². The van der Waals surface area contributed by atoms with Gasteiger partial charge >= 0.3 is 0 Å². The first-order valence-corrected chi connectivity index (χ1v) is 7.27. The lowest BCUT2D eigenvalue weighted by Crippen LogP contribution is -2.27. The fraction of sp³-hybridized carbons (Fsp3) is 0.733. The van der Waals surface area contributed by atoms with E-state index < -0.39 is 0 Å². The molecule has 1 fully saturated rings. The Bertz CT molecular complexity index is 489. The summed E-state index contributed by atoms with van der Waals surface area (Å²) in [5.41, 5.74) is 1.26. The van der Waals surface area contributed by atoms with Gasteiger partial charge < -0.3 is 4.90 Å². The monoisotopic (exact) mass is 281 g/mol. The van der Waals surface area contributed by atoms with Crippen molar-refractivity contribution in [1.82, 2.24) is 9.97 Å². The van der Waals surface area contributed by atoms with Crippen LogP contribution in [-0.4, -0.2) is 23.1 Å². The van der Waals surface area contributed by atoms with Crippen molar-refractivity contribution in [3.05, 3.63) is 16.5 Å². The van der Waals surface area contributed by atoms with E-state index in [1.165, 1.54) is 6.42 Å². The Balaban J connectivity index is 2.43. The Kier molecular flexibility index (Phi) is 3.54. The Morgan fingerprint density at radius 1 is 1.21 bits per heavy atom. The highest BCUT2D eigenvalue weighted by Crippen LogP contribution is 2.35. The second-order valence-electron chi connectivity index (χ2n) is 7.37. The summed E-state index contributed by atoms with van der Waals surface area (Å²) >= 11 is 6.30. The summed E-state index contributed by atoms with van der Waals surface area (Å²) in [6.07, 6.45) is 1.19.